The number of aromatic nitrogens is 8. The van der Waals surface area contributed by atoms with Gasteiger partial charge in [-0.2, -0.15) is 5.10 Å². The van der Waals surface area contributed by atoms with Gasteiger partial charge in [0.2, 0.25) is 0 Å². The van der Waals surface area contributed by atoms with Gasteiger partial charge >= 0.3 is 6.08 Å². The lowest BCUT2D eigenvalue weighted by Crippen LogP contribution is -2.51. The van der Waals surface area contributed by atoms with Gasteiger partial charge in [0.15, 0.2) is 5.54 Å². The van der Waals surface area contributed by atoms with E-state index in [4.69, 9.17) is 14.1 Å². The second-order valence-electron chi connectivity index (χ2n) is 9.61. The van der Waals surface area contributed by atoms with Gasteiger partial charge in [0, 0.05) is 29.2 Å². The van der Waals surface area contributed by atoms with Crippen molar-refractivity contribution in [2.75, 3.05) is 6.61 Å². The first-order valence-electron chi connectivity index (χ1n) is 13.1. The van der Waals surface area contributed by atoms with Gasteiger partial charge in [0.1, 0.15) is 11.6 Å². The van der Waals surface area contributed by atoms with Gasteiger partial charge in [0.05, 0.1) is 48.3 Å². The van der Waals surface area contributed by atoms with Crippen LogP contribution in [0.15, 0.2) is 65.6 Å². The highest BCUT2D eigenvalue weighted by atomic mass is 19.1. The zero-order valence-corrected chi connectivity index (χ0v) is 21.8. The van der Waals surface area contributed by atoms with Crippen molar-refractivity contribution in [1.82, 2.24) is 45.2 Å². The van der Waals surface area contributed by atoms with Crippen LogP contribution in [0.25, 0.3) is 22.3 Å². The molecule has 2 atom stereocenters. The number of benzene rings is 1. The molecule has 12 heteroatoms. The highest BCUT2D eigenvalue weighted by Gasteiger charge is 2.51. The maximum absolute atomic E-state index is 13.5. The molecule has 3 N–H and O–H groups in total. The molecule has 0 radical (unpaired) electrons. The number of aromatic amines is 2. The number of halogens is 1. The van der Waals surface area contributed by atoms with Gasteiger partial charge in [-0.05, 0) is 44.0 Å². The molecule has 7 rings (SSSR count). The smallest absolute Gasteiger partial charge is 0.414 e. The van der Waals surface area contributed by atoms with Crippen LogP contribution in [-0.4, -0.2) is 46.5 Å². The topological polar surface area (TPSA) is 135 Å². The number of rotatable bonds is 7. The van der Waals surface area contributed by atoms with Crippen LogP contribution >= 0.6 is 0 Å². The van der Waals surface area contributed by atoms with Crippen LogP contribution < -0.4 is 10.1 Å². The van der Waals surface area contributed by atoms with Crippen molar-refractivity contribution in [3.8, 4) is 17.5 Å². The molecule has 0 fully saturated rings. The molecule has 0 spiro atoms. The summed E-state index contributed by atoms with van der Waals surface area (Å²) in [6, 6.07) is 10.9. The zero-order valence-electron chi connectivity index (χ0n) is 21.8. The summed E-state index contributed by atoms with van der Waals surface area (Å²) in [5.41, 5.74) is 3.98. The second kappa shape index (κ2) is 9.42. The molecule has 0 saturated carbocycles. The van der Waals surface area contributed by atoms with Crippen molar-refractivity contribution >= 4 is 10.9 Å². The van der Waals surface area contributed by atoms with Crippen molar-refractivity contribution in [3.05, 3.63) is 95.5 Å². The first kappa shape index (κ1) is 24.2. The lowest BCUT2D eigenvalue weighted by atomic mass is 9.79. The number of nitrogens with one attached hydrogen (secondary N) is 3. The van der Waals surface area contributed by atoms with Gasteiger partial charge in [-0.1, -0.05) is 23.3 Å². The van der Waals surface area contributed by atoms with Crippen LogP contribution in [0.3, 0.4) is 0 Å². The van der Waals surface area contributed by atoms with E-state index in [1.165, 1.54) is 12.3 Å². The van der Waals surface area contributed by atoms with Crippen molar-refractivity contribution < 1.29 is 13.5 Å². The molecular weight excluding hydrogens is 513 g/mol. The highest BCUT2D eigenvalue weighted by Crippen LogP contribution is 2.46. The Balaban J connectivity index is 1.43. The van der Waals surface area contributed by atoms with Crippen LogP contribution in [0.5, 0.6) is 6.08 Å². The van der Waals surface area contributed by atoms with E-state index >= 15 is 0 Å². The second-order valence-corrected chi connectivity index (χ2v) is 9.61. The summed E-state index contributed by atoms with van der Waals surface area (Å²) in [5, 5.41) is 18.1. The van der Waals surface area contributed by atoms with Crippen LogP contribution in [0.2, 0.25) is 0 Å². The largest absolute Gasteiger partial charge is 0.449 e. The Morgan fingerprint density at radius 1 is 1.07 bits per heavy atom. The Hall–Kier alpha value is -4.84. The molecule has 202 valence electrons. The summed E-state index contributed by atoms with van der Waals surface area (Å²) in [5.74, 6) is 0.609. The molecule has 6 aromatic rings. The number of hydrogen-bond donors (Lipinski definition) is 3. The van der Waals surface area contributed by atoms with Crippen LogP contribution in [0.1, 0.15) is 48.4 Å². The monoisotopic (exact) mass is 539 g/mol. The van der Waals surface area contributed by atoms with Crippen molar-refractivity contribution in [2.24, 2.45) is 0 Å². The fourth-order valence-corrected chi connectivity index (χ4v) is 5.46. The predicted octanol–water partition coefficient (Wildman–Crippen LogP) is 4.27. The molecule has 40 heavy (non-hydrogen) atoms. The lowest BCUT2D eigenvalue weighted by Gasteiger charge is -2.38. The number of nitrogens with zero attached hydrogens (tertiary/aromatic N) is 6. The molecule has 11 nitrogen and oxygen atoms in total. The Labute approximate surface area is 227 Å². The standard InChI is InChI=1S/C28H26FN9O2/c1-3-38-15-16(12-32-38)28(26-36-37-27(40-26)39-4-2)24-19(18-7-5-6-8-20(18)33-24)11-22(35-28)25-31-14-23(34-25)21-10-9-17(29)13-30-21/h5-10,12-15,22,33,35H,3-4,11H2,1-2H3,(H,31,34). The normalized spacial score (nSPS) is 18.7. The number of hydrogen-bond acceptors (Lipinski definition) is 8. The number of ether oxygens (including phenoxy) is 1. The van der Waals surface area contributed by atoms with E-state index in [1.54, 1.807) is 12.3 Å². The minimum atomic E-state index is -1.09. The maximum atomic E-state index is 13.5. The van der Waals surface area contributed by atoms with E-state index in [0.29, 0.717) is 42.7 Å². The number of imidazole rings is 1. The molecule has 2 unspecified atom stereocenters. The number of H-pyrrole nitrogens is 2. The quantitative estimate of drug-likeness (QED) is 0.274. The highest BCUT2D eigenvalue weighted by molar-refractivity contribution is 5.86. The molecule has 0 bridgehead atoms. The molecular formula is C28H26FN9O2. The fourth-order valence-electron chi connectivity index (χ4n) is 5.46. The third-order valence-corrected chi connectivity index (χ3v) is 7.30. The Kier molecular flexibility index (Phi) is 5.70. The summed E-state index contributed by atoms with van der Waals surface area (Å²) in [7, 11) is 0. The van der Waals surface area contributed by atoms with Crippen LogP contribution in [-0.2, 0) is 18.5 Å². The van der Waals surface area contributed by atoms with E-state index in [2.05, 4.69) is 41.6 Å². The Morgan fingerprint density at radius 3 is 2.77 bits per heavy atom. The van der Waals surface area contributed by atoms with Gasteiger partial charge in [0.25, 0.3) is 5.89 Å². The molecule has 0 aliphatic carbocycles. The van der Waals surface area contributed by atoms with E-state index in [1.807, 2.05) is 49.1 Å². The Bertz CT molecular complexity index is 1800. The first-order chi connectivity index (χ1) is 19.6. The maximum Gasteiger partial charge on any atom is 0.414 e. The number of para-hydroxylation sites is 1. The van der Waals surface area contributed by atoms with E-state index < -0.39 is 11.4 Å². The van der Waals surface area contributed by atoms with Gasteiger partial charge in [-0.3, -0.25) is 15.0 Å². The minimum Gasteiger partial charge on any atom is -0.449 e. The predicted molar refractivity (Wildman–Crippen MR) is 143 cm³/mol. The van der Waals surface area contributed by atoms with Crippen LogP contribution in [0.4, 0.5) is 4.39 Å². The summed E-state index contributed by atoms with van der Waals surface area (Å²) < 4.78 is 27.0. The molecule has 0 saturated heterocycles. The molecule has 1 aromatic carbocycles. The lowest BCUT2D eigenvalue weighted by molar-refractivity contribution is 0.216. The van der Waals surface area contributed by atoms with Crippen LogP contribution in [0, 0.1) is 5.82 Å². The summed E-state index contributed by atoms with van der Waals surface area (Å²) in [6.07, 6.45) is 7.40. The zero-order chi connectivity index (χ0) is 27.3. The number of aryl methyl sites for hydroxylation is 1. The number of pyridine rings is 1. The van der Waals surface area contributed by atoms with E-state index in [-0.39, 0.29) is 12.1 Å². The van der Waals surface area contributed by atoms with Gasteiger partial charge in [-0.25, -0.2) is 9.37 Å². The van der Waals surface area contributed by atoms with Crippen molar-refractivity contribution in [1.29, 1.82) is 0 Å². The minimum absolute atomic E-state index is 0.0870. The summed E-state index contributed by atoms with van der Waals surface area (Å²) in [4.78, 5) is 15.9. The SMILES string of the molecule is CCOc1nnc(C2(c3cnn(CC)c3)NC(c3ncc(-c4ccc(F)cn4)[nH]3)Cc3c2[nH]c2ccccc32)o1. The van der Waals surface area contributed by atoms with Crippen molar-refractivity contribution in [3.63, 3.8) is 0 Å². The average Bonchev–Trinajstić information content (AvgIpc) is 3.79. The number of fused-ring (bicyclic) bond motifs is 3. The molecule has 6 heterocycles. The molecule has 1 aliphatic rings. The fraction of sp³-hybridized carbons (Fsp3) is 0.250. The molecule has 1 aliphatic heterocycles. The van der Waals surface area contributed by atoms with Gasteiger partial charge in [-0.15, -0.1) is 5.10 Å². The molecule has 0 amide bonds. The van der Waals surface area contributed by atoms with E-state index in [0.717, 1.165) is 27.7 Å². The summed E-state index contributed by atoms with van der Waals surface area (Å²) in [6.45, 7) is 4.98. The third kappa shape index (κ3) is 3.79. The molecule has 5 aromatic heterocycles. The Morgan fingerprint density at radius 2 is 1.98 bits per heavy atom. The first-order valence-corrected chi connectivity index (χ1v) is 13.1. The summed E-state index contributed by atoms with van der Waals surface area (Å²) >= 11 is 0. The average molecular weight is 540 g/mol. The third-order valence-electron chi connectivity index (χ3n) is 7.30. The van der Waals surface area contributed by atoms with Gasteiger partial charge < -0.3 is 19.1 Å². The van der Waals surface area contributed by atoms with Crippen molar-refractivity contribution in [2.45, 2.75) is 38.4 Å². The van der Waals surface area contributed by atoms with E-state index in [9.17, 15) is 4.39 Å².